The first-order valence-electron chi connectivity index (χ1n) is 8.49. The maximum atomic E-state index is 12.0. The van der Waals surface area contributed by atoms with Crippen LogP contribution in [0.4, 0.5) is 5.69 Å². The molecular formula is C18H27IN6O2. The van der Waals surface area contributed by atoms with Gasteiger partial charge in [-0.25, -0.2) is 4.99 Å². The van der Waals surface area contributed by atoms with E-state index in [1.807, 2.05) is 37.3 Å². The van der Waals surface area contributed by atoms with Gasteiger partial charge in [0.25, 0.3) is 0 Å². The molecule has 1 unspecified atom stereocenters. The second kappa shape index (κ2) is 10.9. The number of anilines is 1. The molecule has 0 radical (unpaired) electrons. The highest BCUT2D eigenvalue weighted by atomic mass is 127. The van der Waals surface area contributed by atoms with Crippen molar-refractivity contribution in [2.45, 2.75) is 19.4 Å². The molecule has 0 aliphatic carbocycles. The third-order valence-electron chi connectivity index (χ3n) is 3.71. The molecule has 1 aromatic carbocycles. The number of rotatable bonds is 7. The Balaban J connectivity index is 0.00000364. The van der Waals surface area contributed by atoms with Crippen molar-refractivity contribution >= 4 is 41.5 Å². The highest BCUT2D eigenvalue weighted by Gasteiger charge is 2.25. The maximum absolute atomic E-state index is 12.0. The van der Waals surface area contributed by atoms with E-state index in [1.54, 1.807) is 31.0 Å². The third-order valence-corrected chi connectivity index (χ3v) is 3.71. The average Bonchev–Trinajstić information content (AvgIpc) is 3.06. The van der Waals surface area contributed by atoms with Crippen LogP contribution >= 0.6 is 24.0 Å². The lowest BCUT2D eigenvalue weighted by molar-refractivity contribution is -0.114. The number of guanidine groups is 1. The summed E-state index contributed by atoms with van der Waals surface area (Å²) in [5.41, 5.74) is 0.312. The van der Waals surface area contributed by atoms with E-state index in [9.17, 15) is 9.90 Å². The number of nitrogens with one attached hydrogen (secondary N) is 3. The molecule has 27 heavy (non-hydrogen) atoms. The monoisotopic (exact) mass is 486 g/mol. The van der Waals surface area contributed by atoms with E-state index in [-0.39, 0.29) is 43.0 Å². The number of nitrogens with zero attached hydrogens (tertiary/aromatic N) is 3. The topological polar surface area (TPSA) is 104 Å². The molecule has 0 saturated carbocycles. The van der Waals surface area contributed by atoms with Gasteiger partial charge in [-0.3, -0.25) is 9.48 Å². The molecule has 0 spiro atoms. The van der Waals surface area contributed by atoms with Crippen LogP contribution in [-0.4, -0.2) is 46.4 Å². The molecule has 1 aromatic heterocycles. The summed E-state index contributed by atoms with van der Waals surface area (Å²) in [4.78, 5) is 16.3. The van der Waals surface area contributed by atoms with E-state index in [4.69, 9.17) is 0 Å². The highest BCUT2D eigenvalue weighted by Crippen LogP contribution is 2.18. The van der Waals surface area contributed by atoms with Gasteiger partial charge in [0.2, 0.25) is 5.91 Å². The maximum Gasteiger partial charge on any atom is 0.246 e. The zero-order valence-electron chi connectivity index (χ0n) is 15.8. The number of hydrogen-bond donors (Lipinski definition) is 4. The first-order chi connectivity index (χ1) is 12.4. The number of amides is 1. The zero-order chi connectivity index (χ0) is 19.0. The predicted molar refractivity (Wildman–Crippen MR) is 117 cm³/mol. The van der Waals surface area contributed by atoms with Crippen LogP contribution in [-0.2, 0) is 17.4 Å². The Morgan fingerprint density at radius 1 is 1.30 bits per heavy atom. The Bertz CT molecular complexity index is 745. The number of para-hydroxylation sites is 1. The molecule has 2 rings (SSSR count). The van der Waals surface area contributed by atoms with Crippen LogP contribution in [0.25, 0.3) is 0 Å². The molecule has 4 N–H and O–H groups in total. The van der Waals surface area contributed by atoms with Crippen LogP contribution in [0.2, 0.25) is 0 Å². The van der Waals surface area contributed by atoms with E-state index in [2.05, 4.69) is 26.0 Å². The minimum absolute atomic E-state index is 0. The van der Waals surface area contributed by atoms with E-state index in [0.717, 1.165) is 5.69 Å². The quantitative estimate of drug-likeness (QED) is 0.270. The summed E-state index contributed by atoms with van der Waals surface area (Å²) in [5, 5.41) is 23.6. The second-order valence-electron chi connectivity index (χ2n) is 6.14. The summed E-state index contributed by atoms with van der Waals surface area (Å²) >= 11 is 0. The van der Waals surface area contributed by atoms with Crippen LogP contribution in [0.3, 0.4) is 0 Å². The van der Waals surface area contributed by atoms with Crippen molar-refractivity contribution in [3.05, 3.63) is 48.3 Å². The Morgan fingerprint density at radius 2 is 2.00 bits per heavy atom. The van der Waals surface area contributed by atoms with E-state index >= 15 is 0 Å². The van der Waals surface area contributed by atoms with Crippen LogP contribution in [0.15, 0.2) is 47.7 Å². The first kappa shape index (κ1) is 22.9. The molecule has 9 heteroatoms. The molecule has 148 valence electrons. The van der Waals surface area contributed by atoms with Gasteiger partial charge >= 0.3 is 0 Å². The number of aryl methyl sites for hydroxylation is 1. The van der Waals surface area contributed by atoms with Gasteiger partial charge in [-0.1, -0.05) is 18.2 Å². The van der Waals surface area contributed by atoms with Crippen molar-refractivity contribution in [1.29, 1.82) is 0 Å². The largest absolute Gasteiger partial charge is 0.383 e. The number of aromatic nitrogens is 2. The van der Waals surface area contributed by atoms with Crippen LogP contribution in [0, 0.1) is 0 Å². The van der Waals surface area contributed by atoms with Gasteiger partial charge in [-0.15, -0.1) is 24.0 Å². The smallest absolute Gasteiger partial charge is 0.246 e. The summed E-state index contributed by atoms with van der Waals surface area (Å²) in [6.45, 7) is 4.47. The fraction of sp³-hybridized carbons (Fsp3) is 0.389. The summed E-state index contributed by atoms with van der Waals surface area (Å²) in [7, 11) is 1.80. The molecule has 1 atom stereocenters. The molecule has 0 fully saturated rings. The predicted octanol–water partition coefficient (Wildman–Crippen LogP) is 1.44. The zero-order valence-corrected chi connectivity index (χ0v) is 18.1. The Morgan fingerprint density at radius 3 is 2.59 bits per heavy atom. The van der Waals surface area contributed by atoms with E-state index in [0.29, 0.717) is 18.1 Å². The second-order valence-corrected chi connectivity index (χ2v) is 6.14. The highest BCUT2D eigenvalue weighted by molar-refractivity contribution is 14.0. The summed E-state index contributed by atoms with van der Waals surface area (Å²) in [5.74, 6) is 0.243. The van der Waals surface area contributed by atoms with Crippen LogP contribution in [0.5, 0.6) is 0 Å². The fourth-order valence-corrected chi connectivity index (χ4v) is 2.27. The fourth-order valence-electron chi connectivity index (χ4n) is 2.27. The van der Waals surface area contributed by atoms with Crippen molar-refractivity contribution < 1.29 is 9.90 Å². The molecule has 0 bridgehead atoms. The number of carbonyl (C=O) groups excluding carboxylic acids is 1. The van der Waals surface area contributed by atoms with E-state index < -0.39 is 5.60 Å². The minimum Gasteiger partial charge on any atom is -0.383 e. The number of benzene rings is 1. The van der Waals surface area contributed by atoms with Gasteiger partial charge in [0.1, 0.15) is 12.1 Å². The van der Waals surface area contributed by atoms with Gasteiger partial charge in [0, 0.05) is 31.0 Å². The van der Waals surface area contributed by atoms with E-state index in [1.165, 1.54) is 0 Å². The Hall–Kier alpha value is -2.14. The van der Waals surface area contributed by atoms with Crippen LogP contribution < -0.4 is 16.0 Å². The number of hydrogen-bond acceptors (Lipinski definition) is 4. The Kier molecular flexibility index (Phi) is 9.22. The number of aliphatic imine (C=N–C) groups is 1. The van der Waals surface area contributed by atoms with Crippen molar-refractivity contribution in [2.75, 3.05) is 25.0 Å². The van der Waals surface area contributed by atoms with Gasteiger partial charge in [0.15, 0.2) is 5.96 Å². The Labute approximate surface area is 176 Å². The number of aliphatic hydroxyl groups is 1. The number of carbonyl (C=O) groups is 1. The molecule has 0 aliphatic rings. The molecular weight excluding hydrogens is 459 g/mol. The van der Waals surface area contributed by atoms with Crippen molar-refractivity contribution in [3.8, 4) is 0 Å². The van der Waals surface area contributed by atoms with Gasteiger partial charge in [0.05, 0.1) is 12.7 Å². The summed E-state index contributed by atoms with van der Waals surface area (Å²) in [6, 6.07) is 9.22. The lowest BCUT2D eigenvalue weighted by Gasteiger charge is -2.23. The minimum atomic E-state index is -1.11. The normalized spacial score (nSPS) is 13.3. The summed E-state index contributed by atoms with van der Waals surface area (Å²) < 4.78 is 1.64. The molecule has 1 amide bonds. The standard InChI is InChI=1S/C18H26N6O2.HI/c1-4-19-17(20-11-16(25)23-15-8-6-5-7-9-15)21-13-18(2,26)14-10-22-24(3)12-14;/h5-10,12,26H,4,11,13H2,1-3H3,(H,23,25)(H2,19,20,21);1H. The third kappa shape index (κ3) is 7.55. The SMILES string of the molecule is CCNC(=NCC(=O)Nc1ccccc1)NCC(C)(O)c1cnn(C)c1.I. The molecule has 0 saturated heterocycles. The summed E-state index contributed by atoms with van der Waals surface area (Å²) in [6.07, 6.45) is 3.39. The van der Waals surface area contributed by atoms with Gasteiger partial charge in [-0.2, -0.15) is 5.10 Å². The molecule has 1 heterocycles. The van der Waals surface area contributed by atoms with Crippen molar-refractivity contribution in [1.82, 2.24) is 20.4 Å². The average molecular weight is 486 g/mol. The lowest BCUT2D eigenvalue weighted by Crippen LogP contribution is -2.44. The first-order valence-corrected chi connectivity index (χ1v) is 8.49. The lowest BCUT2D eigenvalue weighted by atomic mass is 10.00. The van der Waals surface area contributed by atoms with Crippen molar-refractivity contribution in [2.24, 2.45) is 12.0 Å². The molecule has 2 aromatic rings. The van der Waals surface area contributed by atoms with Crippen LogP contribution in [0.1, 0.15) is 19.4 Å². The van der Waals surface area contributed by atoms with Crippen molar-refractivity contribution in [3.63, 3.8) is 0 Å². The van der Waals surface area contributed by atoms with Gasteiger partial charge < -0.3 is 21.1 Å². The molecule has 0 aliphatic heterocycles. The number of halogens is 1. The van der Waals surface area contributed by atoms with Gasteiger partial charge in [-0.05, 0) is 26.0 Å². The molecule has 8 nitrogen and oxygen atoms in total.